The number of nitrogens with zero attached hydrogens (tertiary/aromatic N) is 2. The summed E-state index contributed by atoms with van der Waals surface area (Å²) in [6, 6.07) is 14.7. The van der Waals surface area contributed by atoms with Crippen molar-refractivity contribution in [2.75, 3.05) is 14.2 Å². The Morgan fingerprint density at radius 3 is 2.59 bits per heavy atom. The van der Waals surface area contributed by atoms with Crippen molar-refractivity contribution in [3.8, 4) is 17.2 Å². The van der Waals surface area contributed by atoms with E-state index in [1.54, 1.807) is 14.2 Å². The van der Waals surface area contributed by atoms with Crippen LogP contribution in [0.4, 0.5) is 0 Å². The first-order valence-electron chi connectivity index (χ1n) is 9.61. The molecule has 0 amide bonds. The van der Waals surface area contributed by atoms with E-state index in [2.05, 4.69) is 35.3 Å². The third kappa shape index (κ3) is 2.48. The molecule has 0 N–H and O–H groups in total. The van der Waals surface area contributed by atoms with Crippen LogP contribution in [0.1, 0.15) is 49.3 Å². The summed E-state index contributed by atoms with van der Waals surface area (Å²) in [6.07, 6.45) is 5.30. The Bertz CT molecular complexity index is 902. The fraction of sp³-hybridized carbons (Fsp3) is 0.409. The molecule has 2 aliphatic heterocycles. The zero-order chi connectivity index (χ0) is 18.4. The fourth-order valence-electron chi connectivity index (χ4n) is 4.68. The summed E-state index contributed by atoms with van der Waals surface area (Å²) in [7, 11) is 3.32. The average Bonchev–Trinajstić information content (AvgIpc) is 3.36. The minimum absolute atomic E-state index is 0.233. The van der Waals surface area contributed by atoms with Gasteiger partial charge in [-0.3, -0.25) is 0 Å². The Morgan fingerprint density at radius 1 is 1.04 bits per heavy atom. The molecule has 1 aliphatic carbocycles. The van der Waals surface area contributed by atoms with Crippen LogP contribution >= 0.6 is 0 Å². The van der Waals surface area contributed by atoms with Gasteiger partial charge in [-0.1, -0.05) is 18.2 Å². The summed E-state index contributed by atoms with van der Waals surface area (Å²) in [5, 5.41) is 7.32. The van der Waals surface area contributed by atoms with Gasteiger partial charge < -0.3 is 14.2 Å². The largest absolute Gasteiger partial charge is 0.493 e. The molecule has 3 aliphatic rings. The van der Waals surface area contributed by atoms with Crippen LogP contribution in [-0.2, 0) is 0 Å². The number of hydrogen-bond donors (Lipinski definition) is 0. The molecule has 1 fully saturated rings. The van der Waals surface area contributed by atoms with Gasteiger partial charge in [-0.15, -0.1) is 0 Å². The van der Waals surface area contributed by atoms with Crippen LogP contribution in [0.5, 0.6) is 17.2 Å². The highest BCUT2D eigenvalue weighted by Gasteiger charge is 2.51. The van der Waals surface area contributed by atoms with Gasteiger partial charge in [-0.05, 0) is 37.1 Å². The summed E-state index contributed by atoms with van der Waals surface area (Å²) in [5.74, 6) is 2.48. The zero-order valence-electron chi connectivity index (χ0n) is 15.8. The van der Waals surface area contributed by atoms with Crippen molar-refractivity contribution in [1.82, 2.24) is 5.01 Å². The zero-order valence-corrected chi connectivity index (χ0v) is 15.8. The van der Waals surface area contributed by atoms with Crippen LogP contribution in [0.2, 0.25) is 0 Å². The molecular weight excluding hydrogens is 340 g/mol. The maximum atomic E-state index is 6.53. The van der Waals surface area contributed by atoms with Gasteiger partial charge in [0.1, 0.15) is 5.75 Å². The maximum Gasteiger partial charge on any atom is 0.198 e. The number of hydrazone groups is 1. The number of benzene rings is 2. The van der Waals surface area contributed by atoms with E-state index in [0.29, 0.717) is 0 Å². The highest BCUT2D eigenvalue weighted by Crippen LogP contribution is 2.52. The third-order valence-electron chi connectivity index (χ3n) is 6.01. The molecule has 1 saturated carbocycles. The highest BCUT2D eigenvalue weighted by molar-refractivity contribution is 6.02. The Kier molecular flexibility index (Phi) is 3.78. The lowest BCUT2D eigenvalue weighted by Gasteiger charge is -2.45. The second kappa shape index (κ2) is 6.19. The predicted molar refractivity (Wildman–Crippen MR) is 104 cm³/mol. The normalized spacial score (nSPS) is 22.1. The van der Waals surface area contributed by atoms with E-state index in [4.69, 9.17) is 19.3 Å². The van der Waals surface area contributed by atoms with E-state index < -0.39 is 0 Å². The van der Waals surface area contributed by atoms with Crippen molar-refractivity contribution in [3.63, 3.8) is 0 Å². The molecule has 140 valence electrons. The van der Waals surface area contributed by atoms with E-state index in [0.717, 1.165) is 47.8 Å². The number of para-hydroxylation sites is 1. The van der Waals surface area contributed by atoms with Crippen LogP contribution in [0, 0.1) is 0 Å². The Labute approximate surface area is 159 Å². The lowest BCUT2D eigenvalue weighted by molar-refractivity contribution is -0.114. The van der Waals surface area contributed by atoms with Crippen LogP contribution < -0.4 is 14.2 Å². The van der Waals surface area contributed by atoms with Gasteiger partial charge >= 0.3 is 0 Å². The Hall–Kier alpha value is -2.69. The van der Waals surface area contributed by atoms with Gasteiger partial charge in [-0.25, -0.2) is 5.01 Å². The molecule has 1 spiro atoms. The monoisotopic (exact) mass is 364 g/mol. The molecule has 5 rings (SSSR count). The molecule has 0 unspecified atom stereocenters. The highest BCUT2D eigenvalue weighted by atomic mass is 16.5. The molecule has 2 aromatic carbocycles. The van der Waals surface area contributed by atoms with Crippen molar-refractivity contribution in [2.45, 2.75) is 43.9 Å². The standard InChI is InChI=1S/C22H24N2O3/c1-25-20-10-9-15(13-21(20)26-2)17-14-18-16-7-3-4-8-19(16)27-22(24(18)23-17)11-5-6-12-22/h3-4,7-10,13,18H,5-6,11-12,14H2,1-2H3/t18-/m1/s1. The fourth-order valence-corrected chi connectivity index (χ4v) is 4.68. The SMILES string of the molecule is COc1ccc(C2=NN3[C@H](C2)c2ccccc2OC32CCCC2)cc1OC. The van der Waals surface area contributed by atoms with Crippen LogP contribution in [-0.4, -0.2) is 30.7 Å². The van der Waals surface area contributed by atoms with Crippen molar-refractivity contribution in [3.05, 3.63) is 53.6 Å². The number of fused-ring (bicyclic) bond motifs is 4. The quantitative estimate of drug-likeness (QED) is 0.803. The molecule has 0 aromatic heterocycles. The Balaban J connectivity index is 1.57. The summed E-state index contributed by atoms with van der Waals surface area (Å²) in [4.78, 5) is 0. The minimum atomic E-state index is -0.294. The predicted octanol–water partition coefficient (Wildman–Crippen LogP) is 4.52. The van der Waals surface area contributed by atoms with Crippen molar-refractivity contribution < 1.29 is 14.2 Å². The topological polar surface area (TPSA) is 43.3 Å². The summed E-state index contributed by atoms with van der Waals surface area (Å²) < 4.78 is 17.4. The summed E-state index contributed by atoms with van der Waals surface area (Å²) in [6.45, 7) is 0. The number of hydrogen-bond acceptors (Lipinski definition) is 5. The molecule has 2 heterocycles. The maximum absolute atomic E-state index is 6.53. The van der Waals surface area contributed by atoms with E-state index in [9.17, 15) is 0 Å². The van der Waals surface area contributed by atoms with Gasteiger partial charge in [0, 0.05) is 30.4 Å². The van der Waals surface area contributed by atoms with E-state index in [1.807, 2.05) is 12.1 Å². The average molecular weight is 364 g/mol. The Morgan fingerprint density at radius 2 is 1.81 bits per heavy atom. The van der Waals surface area contributed by atoms with Crippen molar-refractivity contribution >= 4 is 5.71 Å². The second-order valence-corrected chi connectivity index (χ2v) is 7.47. The summed E-state index contributed by atoms with van der Waals surface area (Å²) >= 11 is 0. The van der Waals surface area contributed by atoms with Gasteiger partial charge in [0.15, 0.2) is 17.2 Å². The number of ether oxygens (including phenoxy) is 3. The molecular formula is C22H24N2O3. The molecule has 1 atom stereocenters. The lowest BCUT2D eigenvalue weighted by Crippen LogP contribution is -2.51. The number of methoxy groups -OCH3 is 2. The van der Waals surface area contributed by atoms with Gasteiger partial charge in [-0.2, -0.15) is 5.10 Å². The smallest absolute Gasteiger partial charge is 0.198 e. The summed E-state index contributed by atoms with van der Waals surface area (Å²) in [5.41, 5.74) is 3.09. The number of rotatable bonds is 3. The molecule has 0 saturated heterocycles. The first-order valence-corrected chi connectivity index (χ1v) is 9.61. The third-order valence-corrected chi connectivity index (χ3v) is 6.01. The van der Waals surface area contributed by atoms with Crippen LogP contribution in [0.3, 0.4) is 0 Å². The second-order valence-electron chi connectivity index (χ2n) is 7.47. The molecule has 27 heavy (non-hydrogen) atoms. The molecule has 0 radical (unpaired) electrons. The van der Waals surface area contributed by atoms with Gasteiger partial charge in [0.25, 0.3) is 0 Å². The van der Waals surface area contributed by atoms with Gasteiger partial charge in [0.2, 0.25) is 0 Å². The molecule has 0 bridgehead atoms. The van der Waals surface area contributed by atoms with Crippen molar-refractivity contribution in [1.29, 1.82) is 0 Å². The molecule has 5 nitrogen and oxygen atoms in total. The van der Waals surface area contributed by atoms with Crippen LogP contribution in [0.15, 0.2) is 47.6 Å². The van der Waals surface area contributed by atoms with Gasteiger partial charge in [0.05, 0.1) is 26.0 Å². The van der Waals surface area contributed by atoms with E-state index in [-0.39, 0.29) is 11.8 Å². The first-order chi connectivity index (χ1) is 13.2. The van der Waals surface area contributed by atoms with Crippen LogP contribution in [0.25, 0.3) is 0 Å². The molecule has 5 heteroatoms. The first kappa shape index (κ1) is 16.5. The van der Waals surface area contributed by atoms with E-state index >= 15 is 0 Å². The minimum Gasteiger partial charge on any atom is -0.493 e. The van der Waals surface area contributed by atoms with E-state index in [1.165, 1.54) is 18.4 Å². The van der Waals surface area contributed by atoms with Crippen molar-refractivity contribution in [2.24, 2.45) is 5.10 Å². The molecule has 2 aromatic rings. The lowest BCUT2D eigenvalue weighted by atomic mass is 9.94.